The van der Waals surface area contributed by atoms with E-state index in [2.05, 4.69) is 9.72 Å². The van der Waals surface area contributed by atoms with Gasteiger partial charge in [-0.2, -0.15) is 0 Å². The summed E-state index contributed by atoms with van der Waals surface area (Å²) < 4.78 is 29.4. The molecular weight excluding hydrogens is 238 g/mol. The van der Waals surface area contributed by atoms with E-state index in [-0.39, 0.29) is 5.56 Å². The first kappa shape index (κ1) is 12.9. The number of halogens is 2. The van der Waals surface area contributed by atoms with Crippen LogP contribution in [-0.4, -0.2) is 23.0 Å². The van der Waals surface area contributed by atoms with Crippen LogP contribution in [0.2, 0.25) is 0 Å². The van der Waals surface area contributed by atoms with E-state index in [0.29, 0.717) is 6.20 Å². The van der Waals surface area contributed by atoms with Gasteiger partial charge in [0.2, 0.25) is 0 Å². The van der Waals surface area contributed by atoms with Gasteiger partial charge < -0.3 is 14.9 Å². The van der Waals surface area contributed by atoms with Crippen molar-refractivity contribution in [3.05, 3.63) is 33.0 Å². The van der Waals surface area contributed by atoms with Crippen LogP contribution < -0.4 is 0 Å². The van der Waals surface area contributed by atoms with Gasteiger partial charge in [0.05, 0.1) is 12.7 Å². The zero-order chi connectivity index (χ0) is 13.2. The van der Waals surface area contributed by atoms with Crippen molar-refractivity contribution in [1.29, 1.82) is 0 Å². The Hall–Kier alpha value is -2.12. The number of hydrogen-bond donors (Lipinski definition) is 0. The van der Waals surface area contributed by atoms with E-state index in [9.17, 15) is 23.7 Å². The summed E-state index contributed by atoms with van der Waals surface area (Å²) >= 11 is 0. The van der Waals surface area contributed by atoms with Gasteiger partial charge >= 0.3 is 11.8 Å². The van der Waals surface area contributed by atoms with Gasteiger partial charge in [-0.05, 0) is 22.4 Å². The maximum Gasteiger partial charge on any atom is 0.378 e. The Labute approximate surface area is 94.4 Å². The highest BCUT2D eigenvalue weighted by Crippen LogP contribution is 2.29. The SMILES string of the molecule is COC(=O)c1c([N+](=O)[O-])ncc(C(F)F)c1C. The smallest absolute Gasteiger partial charge is 0.378 e. The number of nitro groups is 1. The molecule has 1 aromatic rings. The molecule has 1 heterocycles. The molecular formula is C9H8F2N2O4. The van der Waals surface area contributed by atoms with Gasteiger partial charge in [-0.15, -0.1) is 0 Å². The summed E-state index contributed by atoms with van der Waals surface area (Å²) in [6.07, 6.45) is -2.18. The highest BCUT2D eigenvalue weighted by molar-refractivity contribution is 5.95. The molecule has 8 heteroatoms. The molecule has 0 aromatic carbocycles. The van der Waals surface area contributed by atoms with E-state index >= 15 is 0 Å². The fraction of sp³-hybridized carbons (Fsp3) is 0.333. The summed E-state index contributed by atoms with van der Waals surface area (Å²) in [6.45, 7) is 1.18. The highest BCUT2D eigenvalue weighted by Gasteiger charge is 2.29. The van der Waals surface area contributed by atoms with Crippen molar-refractivity contribution < 1.29 is 23.2 Å². The van der Waals surface area contributed by atoms with Gasteiger partial charge in [-0.25, -0.2) is 13.6 Å². The molecule has 0 radical (unpaired) electrons. The van der Waals surface area contributed by atoms with E-state index in [1.54, 1.807) is 0 Å². The minimum atomic E-state index is -2.87. The number of hydrogen-bond acceptors (Lipinski definition) is 5. The molecule has 1 aromatic heterocycles. The zero-order valence-electron chi connectivity index (χ0n) is 8.94. The molecule has 0 saturated heterocycles. The lowest BCUT2D eigenvalue weighted by Gasteiger charge is -2.07. The zero-order valence-corrected chi connectivity index (χ0v) is 8.94. The summed E-state index contributed by atoms with van der Waals surface area (Å²) in [5, 5.41) is 10.6. The van der Waals surface area contributed by atoms with E-state index in [0.717, 1.165) is 7.11 Å². The Bertz CT molecular complexity index is 476. The van der Waals surface area contributed by atoms with Crippen LogP contribution in [0.1, 0.15) is 27.9 Å². The van der Waals surface area contributed by atoms with Crippen LogP contribution in [0.5, 0.6) is 0 Å². The number of nitrogens with zero attached hydrogens (tertiary/aromatic N) is 2. The second kappa shape index (κ2) is 4.81. The second-order valence-corrected chi connectivity index (χ2v) is 3.09. The Morgan fingerprint density at radius 1 is 1.59 bits per heavy atom. The molecule has 0 fully saturated rings. The lowest BCUT2D eigenvalue weighted by atomic mass is 10.1. The van der Waals surface area contributed by atoms with Gasteiger partial charge in [-0.3, -0.25) is 0 Å². The average molecular weight is 246 g/mol. The van der Waals surface area contributed by atoms with E-state index in [1.165, 1.54) is 6.92 Å². The van der Waals surface area contributed by atoms with Crippen LogP contribution in [0.15, 0.2) is 6.20 Å². The molecule has 0 amide bonds. The number of aromatic nitrogens is 1. The molecule has 1 rings (SSSR count). The van der Waals surface area contributed by atoms with Crippen LogP contribution in [-0.2, 0) is 4.74 Å². The first-order valence-corrected chi connectivity index (χ1v) is 4.40. The fourth-order valence-electron chi connectivity index (χ4n) is 1.31. The third-order valence-electron chi connectivity index (χ3n) is 2.16. The molecule has 6 nitrogen and oxygen atoms in total. The standard InChI is InChI=1S/C9H8F2N2O4/c1-4-5(7(10)11)3-12-8(13(15)16)6(4)9(14)17-2/h3,7H,1-2H3. The Morgan fingerprint density at radius 3 is 2.59 bits per heavy atom. The summed E-state index contributed by atoms with van der Waals surface area (Å²) in [5.41, 5.74) is -1.28. The monoisotopic (exact) mass is 246 g/mol. The third-order valence-corrected chi connectivity index (χ3v) is 2.16. The fourth-order valence-corrected chi connectivity index (χ4v) is 1.31. The molecule has 0 bridgehead atoms. The van der Waals surface area contributed by atoms with Crippen LogP contribution in [0, 0.1) is 17.0 Å². The van der Waals surface area contributed by atoms with Crippen LogP contribution in [0.4, 0.5) is 14.6 Å². The van der Waals surface area contributed by atoms with Crippen molar-refractivity contribution in [3.63, 3.8) is 0 Å². The van der Waals surface area contributed by atoms with Crippen molar-refractivity contribution in [2.24, 2.45) is 0 Å². The van der Waals surface area contributed by atoms with Gasteiger partial charge in [-0.1, -0.05) is 0 Å². The molecule has 0 saturated carbocycles. The van der Waals surface area contributed by atoms with Gasteiger partial charge in [0.15, 0.2) is 5.56 Å². The van der Waals surface area contributed by atoms with Crippen molar-refractivity contribution in [2.75, 3.05) is 7.11 Å². The van der Waals surface area contributed by atoms with Crippen molar-refractivity contribution >= 4 is 11.8 Å². The van der Waals surface area contributed by atoms with Gasteiger partial charge in [0, 0.05) is 0 Å². The number of carbonyl (C=O) groups excluding carboxylic acids is 1. The number of ether oxygens (including phenoxy) is 1. The number of esters is 1. The van der Waals surface area contributed by atoms with Crippen molar-refractivity contribution in [1.82, 2.24) is 4.98 Å². The number of pyridine rings is 1. The third kappa shape index (κ3) is 2.35. The normalized spacial score (nSPS) is 10.4. The molecule has 0 spiro atoms. The molecule has 0 N–H and O–H groups in total. The van der Waals surface area contributed by atoms with Crippen LogP contribution in [0.3, 0.4) is 0 Å². The topological polar surface area (TPSA) is 82.3 Å². The summed E-state index contributed by atoms with van der Waals surface area (Å²) in [5.74, 6) is -1.86. The summed E-state index contributed by atoms with van der Waals surface area (Å²) in [4.78, 5) is 24.3. The van der Waals surface area contributed by atoms with Gasteiger partial charge in [0.25, 0.3) is 6.43 Å². The Kier molecular flexibility index (Phi) is 3.66. The highest BCUT2D eigenvalue weighted by atomic mass is 19.3. The lowest BCUT2D eigenvalue weighted by molar-refractivity contribution is -0.389. The van der Waals surface area contributed by atoms with Crippen LogP contribution in [0.25, 0.3) is 0 Å². The van der Waals surface area contributed by atoms with Gasteiger partial charge in [0.1, 0.15) is 6.20 Å². The quantitative estimate of drug-likeness (QED) is 0.463. The summed E-state index contributed by atoms with van der Waals surface area (Å²) in [6, 6.07) is 0. The Balaban J connectivity index is 3.53. The predicted octanol–water partition coefficient (Wildman–Crippen LogP) is 2.02. The molecule has 92 valence electrons. The van der Waals surface area contributed by atoms with E-state index < -0.39 is 34.3 Å². The molecule has 0 atom stereocenters. The predicted molar refractivity (Wildman–Crippen MR) is 51.9 cm³/mol. The molecule has 0 unspecified atom stereocenters. The maximum atomic E-state index is 12.5. The largest absolute Gasteiger partial charge is 0.465 e. The van der Waals surface area contributed by atoms with Crippen molar-refractivity contribution in [3.8, 4) is 0 Å². The lowest BCUT2D eigenvalue weighted by Crippen LogP contribution is -2.11. The number of rotatable bonds is 3. The number of carbonyl (C=O) groups is 1. The first-order chi connectivity index (χ1) is 7.90. The first-order valence-electron chi connectivity index (χ1n) is 4.40. The average Bonchev–Trinajstić information content (AvgIpc) is 2.26. The molecule has 0 aliphatic heterocycles. The molecule has 0 aliphatic carbocycles. The van der Waals surface area contributed by atoms with E-state index in [4.69, 9.17) is 0 Å². The van der Waals surface area contributed by atoms with Crippen LogP contribution >= 0.6 is 0 Å². The number of alkyl halides is 2. The Morgan fingerprint density at radius 2 is 2.18 bits per heavy atom. The molecule has 0 aliphatic rings. The summed E-state index contributed by atoms with van der Waals surface area (Å²) in [7, 11) is 1.00. The number of methoxy groups -OCH3 is 1. The minimum Gasteiger partial charge on any atom is -0.465 e. The minimum absolute atomic E-state index is 0.200. The maximum absolute atomic E-state index is 12.5. The second-order valence-electron chi connectivity index (χ2n) is 3.09. The van der Waals surface area contributed by atoms with Crippen molar-refractivity contribution in [2.45, 2.75) is 13.3 Å². The van der Waals surface area contributed by atoms with E-state index in [1.807, 2.05) is 0 Å². The molecule has 17 heavy (non-hydrogen) atoms.